The number of alkyl halides is 3. The van der Waals surface area contributed by atoms with Gasteiger partial charge in [-0.15, -0.1) is 0 Å². The summed E-state index contributed by atoms with van der Waals surface area (Å²) in [6.07, 6.45) is -4.39. The Morgan fingerprint density at radius 3 is 2.45 bits per heavy atom. The number of hydrogen-bond donors (Lipinski definition) is 2. The van der Waals surface area contributed by atoms with Gasteiger partial charge in [0.15, 0.2) is 6.61 Å². The van der Waals surface area contributed by atoms with E-state index in [0.29, 0.717) is 5.69 Å². The lowest BCUT2D eigenvalue weighted by Crippen LogP contribution is -2.33. The van der Waals surface area contributed by atoms with E-state index in [4.69, 9.17) is 5.11 Å². The number of aliphatic hydroxyl groups is 1. The standard InChI is InChI=1S/C12H15F3N2O3/c1-17(6-7-18)11(19)16-9-2-4-10(5-3-9)20-8-12(13,14)15/h2-5,18H,6-8H2,1H3,(H,16,19). The van der Waals surface area contributed by atoms with E-state index in [0.717, 1.165) is 0 Å². The Bertz CT molecular complexity index is 435. The van der Waals surface area contributed by atoms with E-state index in [-0.39, 0.29) is 18.9 Å². The molecule has 0 spiro atoms. The number of aliphatic hydroxyl groups excluding tert-OH is 1. The summed E-state index contributed by atoms with van der Waals surface area (Å²) in [5.41, 5.74) is 0.416. The fourth-order valence-electron chi connectivity index (χ4n) is 1.27. The molecule has 0 atom stereocenters. The van der Waals surface area contributed by atoms with Gasteiger partial charge >= 0.3 is 12.2 Å². The Labute approximate surface area is 113 Å². The molecule has 0 unspecified atom stereocenters. The molecule has 1 aromatic carbocycles. The van der Waals surface area contributed by atoms with Gasteiger partial charge in [-0.1, -0.05) is 0 Å². The monoisotopic (exact) mass is 292 g/mol. The smallest absolute Gasteiger partial charge is 0.422 e. The van der Waals surface area contributed by atoms with Crippen molar-refractivity contribution in [3.8, 4) is 5.75 Å². The van der Waals surface area contributed by atoms with Crippen LogP contribution in [0.15, 0.2) is 24.3 Å². The lowest BCUT2D eigenvalue weighted by molar-refractivity contribution is -0.153. The van der Waals surface area contributed by atoms with E-state index in [1.807, 2.05) is 0 Å². The Morgan fingerprint density at radius 1 is 1.35 bits per heavy atom. The van der Waals surface area contributed by atoms with Gasteiger partial charge < -0.3 is 20.1 Å². The van der Waals surface area contributed by atoms with Crippen LogP contribution in [-0.2, 0) is 0 Å². The number of likely N-dealkylation sites (N-methyl/N-ethyl adjacent to an activating group) is 1. The molecular weight excluding hydrogens is 277 g/mol. The van der Waals surface area contributed by atoms with Gasteiger partial charge in [0.05, 0.1) is 6.61 Å². The molecule has 0 aromatic heterocycles. The van der Waals surface area contributed by atoms with Gasteiger partial charge in [-0.05, 0) is 24.3 Å². The first-order valence-corrected chi connectivity index (χ1v) is 5.74. The van der Waals surface area contributed by atoms with Gasteiger partial charge in [-0.25, -0.2) is 4.79 Å². The summed E-state index contributed by atoms with van der Waals surface area (Å²) in [5.74, 6) is 0.0593. The largest absolute Gasteiger partial charge is 0.484 e. The molecule has 0 saturated heterocycles. The van der Waals surface area contributed by atoms with Crippen molar-refractivity contribution < 1.29 is 27.8 Å². The Balaban J connectivity index is 2.52. The van der Waals surface area contributed by atoms with Crippen molar-refractivity contribution in [2.75, 3.05) is 32.1 Å². The second kappa shape index (κ2) is 6.99. The number of nitrogens with zero attached hydrogens (tertiary/aromatic N) is 1. The van der Waals surface area contributed by atoms with Crippen molar-refractivity contribution >= 4 is 11.7 Å². The molecule has 0 heterocycles. The van der Waals surface area contributed by atoms with Gasteiger partial charge in [0, 0.05) is 19.3 Å². The Hall–Kier alpha value is -1.96. The maximum absolute atomic E-state index is 11.9. The molecule has 2 amide bonds. The van der Waals surface area contributed by atoms with E-state index in [9.17, 15) is 18.0 Å². The number of urea groups is 1. The maximum Gasteiger partial charge on any atom is 0.422 e. The molecule has 0 aliphatic heterocycles. The molecule has 0 aliphatic rings. The van der Waals surface area contributed by atoms with Crippen LogP contribution < -0.4 is 10.1 Å². The van der Waals surface area contributed by atoms with Crippen molar-refractivity contribution in [3.05, 3.63) is 24.3 Å². The number of nitrogens with one attached hydrogen (secondary N) is 1. The van der Waals surface area contributed by atoms with Crippen LogP contribution in [0.4, 0.5) is 23.7 Å². The van der Waals surface area contributed by atoms with Gasteiger partial charge in [0.25, 0.3) is 0 Å². The molecule has 0 radical (unpaired) electrons. The summed E-state index contributed by atoms with van der Waals surface area (Å²) in [5, 5.41) is 11.2. The number of ether oxygens (including phenoxy) is 1. The SMILES string of the molecule is CN(CCO)C(=O)Nc1ccc(OCC(F)(F)F)cc1. The molecule has 20 heavy (non-hydrogen) atoms. The highest BCUT2D eigenvalue weighted by molar-refractivity contribution is 5.89. The van der Waals surface area contributed by atoms with Crippen molar-refractivity contribution in [2.45, 2.75) is 6.18 Å². The van der Waals surface area contributed by atoms with Gasteiger partial charge in [-0.3, -0.25) is 0 Å². The lowest BCUT2D eigenvalue weighted by atomic mass is 10.3. The zero-order chi connectivity index (χ0) is 15.2. The van der Waals surface area contributed by atoms with Gasteiger partial charge in [-0.2, -0.15) is 13.2 Å². The molecule has 0 aliphatic carbocycles. The third-order valence-corrected chi connectivity index (χ3v) is 2.29. The summed E-state index contributed by atoms with van der Waals surface area (Å²) in [4.78, 5) is 12.8. The van der Waals surface area contributed by atoms with Crippen molar-refractivity contribution in [1.29, 1.82) is 0 Å². The molecule has 2 N–H and O–H groups in total. The van der Waals surface area contributed by atoms with E-state index in [1.165, 1.54) is 36.2 Å². The van der Waals surface area contributed by atoms with Crippen molar-refractivity contribution in [2.24, 2.45) is 0 Å². The summed E-state index contributed by atoms with van der Waals surface area (Å²) < 4.78 is 40.4. The number of benzene rings is 1. The number of hydrogen-bond acceptors (Lipinski definition) is 3. The number of amides is 2. The minimum Gasteiger partial charge on any atom is -0.484 e. The number of halogens is 3. The molecule has 0 fully saturated rings. The first kappa shape index (κ1) is 16.1. The molecule has 5 nitrogen and oxygen atoms in total. The van der Waals surface area contributed by atoms with E-state index < -0.39 is 18.8 Å². The Morgan fingerprint density at radius 2 is 1.95 bits per heavy atom. The van der Waals surface area contributed by atoms with Crippen LogP contribution in [0.5, 0.6) is 5.75 Å². The van der Waals surface area contributed by atoms with Crippen molar-refractivity contribution in [1.82, 2.24) is 4.90 Å². The zero-order valence-electron chi connectivity index (χ0n) is 10.8. The maximum atomic E-state index is 11.9. The summed E-state index contributed by atoms with van der Waals surface area (Å²) >= 11 is 0. The highest BCUT2D eigenvalue weighted by atomic mass is 19.4. The predicted molar refractivity (Wildman–Crippen MR) is 66.7 cm³/mol. The summed E-state index contributed by atoms with van der Waals surface area (Å²) in [7, 11) is 1.51. The molecule has 1 rings (SSSR count). The van der Waals surface area contributed by atoms with Gasteiger partial charge in [0.1, 0.15) is 5.75 Å². The molecule has 8 heteroatoms. The Kier molecular flexibility index (Phi) is 5.63. The number of carbonyl (C=O) groups is 1. The number of anilines is 1. The van der Waals surface area contributed by atoms with Crippen LogP contribution >= 0.6 is 0 Å². The normalized spacial score (nSPS) is 11.1. The fraction of sp³-hybridized carbons (Fsp3) is 0.417. The molecular formula is C12H15F3N2O3. The minimum atomic E-state index is -4.39. The van der Waals surface area contributed by atoms with Crippen molar-refractivity contribution in [3.63, 3.8) is 0 Å². The lowest BCUT2D eigenvalue weighted by Gasteiger charge is -2.16. The van der Waals surface area contributed by atoms with Gasteiger partial charge in [0.2, 0.25) is 0 Å². The van der Waals surface area contributed by atoms with E-state index in [2.05, 4.69) is 10.1 Å². The van der Waals surface area contributed by atoms with Crippen LogP contribution in [0.25, 0.3) is 0 Å². The van der Waals surface area contributed by atoms with E-state index in [1.54, 1.807) is 0 Å². The first-order chi connectivity index (χ1) is 9.31. The van der Waals surface area contributed by atoms with Crippen LogP contribution in [-0.4, -0.2) is 49.0 Å². The van der Waals surface area contributed by atoms with Crippen LogP contribution in [0.1, 0.15) is 0 Å². The average Bonchev–Trinajstić information content (AvgIpc) is 2.37. The third kappa shape index (κ3) is 5.79. The topological polar surface area (TPSA) is 61.8 Å². The quantitative estimate of drug-likeness (QED) is 0.873. The van der Waals surface area contributed by atoms with Crippen LogP contribution in [0.2, 0.25) is 0 Å². The highest BCUT2D eigenvalue weighted by Gasteiger charge is 2.28. The minimum absolute atomic E-state index is 0.0593. The number of carbonyl (C=O) groups excluding carboxylic acids is 1. The van der Waals surface area contributed by atoms with Crippen LogP contribution in [0, 0.1) is 0 Å². The molecule has 0 saturated carbocycles. The third-order valence-electron chi connectivity index (χ3n) is 2.29. The number of rotatable bonds is 5. The fourth-order valence-corrected chi connectivity index (χ4v) is 1.27. The first-order valence-electron chi connectivity index (χ1n) is 5.74. The van der Waals surface area contributed by atoms with Crippen LogP contribution in [0.3, 0.4) is 0 Å². The zero-order valence-corrected chi connectivity index (χ0v) is 10.8. The highest BCUT2D eigenvalue weighted by Crippen LogP contribution is 2.20. The molecule has 1 aromatic rings. The predicted octanol–water partition coefficient (Wildman–Crippen LogP) is 2.08. The second-order valence-corrected chi connectivity index (χ2v) is 4.00. The molecule has 112 valence electrons. The molecule has 0 bridgehead atoms. The second-order valence-electron chi connectivity index (χ2n) is 4.00. The summed E-state index contributed by atoms with van der Waals surface area (Å²) in [6, 6.07) is 5.08. The van der Waals surface area contributed by atoms with E-state index >= 15 is 0 Å². The average molecular weight is 292 g/mol. The summed E-state index contributed by atoms with van der Waals surface area (Å²) in [6.45, 7) is -1.34.